The molecule has 0 saturated carbocycles. The first-order valence-corrected chi connectivity index (χ1v) is 4.54. The summed E-state index contributed by atoms with van der Waals surface area (Å²) in [5, 5.41) is 28.3. The molecule has 74 valence electrons. The number of aliphatic hydroxyl groups is 3. The Morgan fingerprint density at radius 3 is 1.83 bits per heavy atom. The quantitative estimate of drug-likeness (QED) is 0.548. The van der Waals surface area contributed by atoms with E-state index in [0.29, 0.717) is 12.8 Å². The normalized spacial score (nSPS) is 17.5. The minimum absolute atomic E-state index is 0.358. The van der Waals surface area contributed by atoms with Gasteiger partial charge in [-0.05, 0) is 19.8 Å². The van der Waals surface area contributed by atoms with E-state index in [4.69, 9.17) is 0 Å². The van der Waals surface area contributed by atoms with Gasteiger partial charge in [0.05, 0.1) is 0 Å². The van der Waals surface area contributed by atoms with E-state index >= 15 is 0 Å². The van der Waals surface area contributed by atoms with Gasteiger partial charge >= 0.3 is 0 Å². The lowest BCUT2D eigenvalue weighted by molar-refractivity contribution is -0.267. The smallest absolute Gasteiger partial charge is 0.189 e. The summed E-state index contributed by atoms with van der Waals surface area (Å²) >= 11 is 0. The third kappa shape index (κ3) is 2.73. The number of hydrogen-bond donors (Lipinski definition) is 3. The van der Waals surface area contributed by atoms with Crippen LogP contribution in [0, 0.1) is 0 Å². The highest BCUT2D eigenvalue weighted by Gasteiger charge is 2.41. The molecule has 0 heterocycles. The molecule has 0 aromatic heterocycles. The largest absolute Gasteiger partial charge is 0.384 e. The Morgan fingerprint density at radius 1 is 1.08 bits per heavy atom. The van der Waals surface area contributed by atoms with Crippen LogP contribution in [0.3, 0.4) is 0 Å². The molecule has 0 fully saturated rings. The van der Waals surface area contributed by atoms with Crippen LogP contribution < -0.4 is 0 Å². The van der Waals surface area contributed by atoms with Crippen LogP contribution in [0.1, 0.15) is 46.5 Å². The standard InChI is InChI=1S/C9H20O3/c1-4-6-7-9(12,5-2)8(3,10)11/h10-12H,4-7H2,1-3H3. The topological polar surface area (TPSA) is 60.7 Å². The van der Waals surface area contributed by atoms with Crippen molar-refractivity contribution in [1.82, 2.24) is 0 Å². The Labute approximate surface area is 74.0 Å². The maximum absolute atomic E-state index is 9.79. The average Bonchev–Trinajstić information content (AvgIpc) is 1.98. The van der Waals surface area contributed by atoms with Gasteiger partial charge in [-0.1, -0.05) is 26.7 Å². The van der Waals surface area contributed by atoms with Crippen LogP contribution in [-0.2, 0) is 0 Å². The molecule has 0 bridgehead atoms. The van der Waals surface area contributed by atoms with Crippen LogP contribution in [0.4, 0.5) is 0 Å². The highest BCUT2D eigenvalue weighted by atomic mass is 16.5. The van der Waals surface area contributed by atoms with Gasteiger partial charge < -0.3 is 15.3 Å². The molecule has 0 radical (unpaired) electrons. The van der Waals surface area contributed by atoms with Crippen molar-refractivity contribution in [2.75, 3.05) is 0 Å². The summed E-state index contributed by atoms with van der Waals surface area (Å²) in [4.78, 5) is 0. The molecule has 3 N–H and O–H groups in total. The molecule has 0 aromatic rings. The molecule has 0 amide bonds. The molecule has 3 heteroatoms. The summed E-state index contributed by atoms with van der Waals surface area (Å²) in [5.74, 6) is -1.99. The molecular formula is C9H20O3. The Bertz CT molecular complexity index is 128. The first kappa shape index (κ1) is 11.9. The zero-order valence-electron chi connectivity index (χ0n) is 8.17. The van der Waals surface area contributed by atoms with Crippen molar-refractivity contribution in [3.63, 3.8) is 0 Å². The molecule has 0 spiro atoms. The molecule has 1 unspecified atom stereocenters. The molecular weight excluding hydrogens is 156 g/mol. The fraction of sp³-hybridized carbons (Fsp3) is 1.00. The van der Waals surface area contributed by atoms with Gasteiger partial charge in [0.1, 0.15) is 5.60 Å². The van der Waals surface area contributed by atoms with Gasteiger partial charge in [0.25, 0.3) is 0 Å². The minimum atomic E-state index is -1.99. The first-order chi connectivity index (χ1) is 5.37. The minimum Gasteiger partial charge on any atom is -0.384 e. The van der Waals surface area contributed by atoms with Crippen molar-refractivity contribution in [3.05, 3.63) is 0 Å². The van der Waals surface area contributed by atoms with E-state index in [1.165, 1.54) is 6.92 Å². The van der Waals surface area contributed by atoms with Crippen LogP contribution in [-0.4, -0.2) is 26.7 Å². The van der Waals surface area contributed by atoms with E-state index in [1.807, 2.05) is 6.92 Å². The second-order valence-corrected chi connectivity index (χ2v) is 3.51. The number of hydrogen-bond acceptors (Lipinski definition) is 3. The summed E-state index contributed by atoms with van der Waals surface area (Å²) in [6.07, 6.45) is 2.54. The second-order valence-electron chi connectivity index (χ2n) is 3.51. The van der Waals surface area contributed by atoms with Gasteiger partial charge in [-0.15, -0.1) is 0 Å². The van der Waals surface area contributed by atoms with E-state index in [1.54, 1.807) is 6.92 Å². The monoisotopic (exact) mass is 176 g/mol. The summed E-state index contributed by atoms with van der Waals surface area (Å²) in [6.45, 7) is 4.98. The predicted octanol–water partition coefficient (Wildman–Crippen LogP) is 1.02. The average molecular weight is 176 g/mol. The van der Waals surface area contributed by atoms with Crippen molar-refractivity contribution >= 4 is 0 Å². The zero-order valence-corrected chi connectivity index (χ0v) is 8.17. The van der Waals surface area contributed by atoms with E-state index in [-0.39, 0.29) is 0 Å². The molecule has 0 saturated heterocycles. The van der Waals surface area contributed by atoms with Crippen molar-refractivity contribution in [2.45, 2.75) is 57.8 Å². The third-order valence-corrected chi connectivity index (χ3v) is 2.41. The van der Waals surface area contributed by atoms with Crippen molar-refractivity contribution in [3.8, 4) is 0 Å². The molecule has 0 aliphatic carbocycles. The molecule has 0 aliphatic rings. The van der Waals surface area contributed by atoms with E-state index in [2.05, 4.69) is 0 Å². The second kappa shape index (κ2) is 4.21. The molecule has 0 rings (SSSR count). The van der Waals surface area contributed by atoms with Gasteiger partial charge in [0.2, 0.25) is 0 Å². The van der Waals surface area contributed by atoms with Crippen molar-refractivity contribution in [1.29, 1.82) is 0 Å². The van der Waals surface area contributed by atoms with Gasteiger partial charge in [0, 0.05) is 0 Å². The molecule has 12 heavy (non-hydrogen) atoms. The van der Waals surface area contributed by atoms with Crippen LogP contribution in [0.2, 0.25) is 0 Å². The summed E-state index contributed by atoms with van der Waals surface area (Å²) < 4.78 is 0. The Hall–Kier alpha value is -0.120. The van der Waals surface area contributed by atoms with Crippen LogP contribution in [0.25, 0.3) is 0 Å². The Kier molecular flexibility index (Phi) is 4.17. The third-order valence-electron chi connectivity index (χ3n) is 2.41. The van der Waals surface area contributed by atoms with Gasteiger partial charge in [-0.2, -0.15) is 0 Å². The summed E-state index contributed by atoms with van der Waals surface area (Å²) in [6, 6.07) is 0. The fourth-order valence-electron chi connectivity index (χ4n) is 1.22. The molecule has 0 aromatic carbocycles. The van der Waals surface area contributed by atoms with Crippen molar-refractivity contribution in [2.24, 2.45) is 0 Å². The number of rotatable bonds is 5. The Balaban J connectivity index is 4.24. The van der Waals surface area contributed by atoms with E-state index in [0.717, 1.165) is 12.8 Å². The fourth-order valence-corrected chi connectivity index (χ4v) is 1.22. The van der Waals surface area contributed by atoms with Crippen LogP contribution in [0.15, 0.2) is 0 Å². The summed E-state index contributed by atoms with van der Waals surface area (Å²) in [7, 11) is 0. The lowest BCUT2D eigenvalue weighted by atomic mass is 9.86. The van der Waals surface area contributed by atoms with Crippen LogP contribution >= 0.6 is 0 Å². The lowest BCUT2D eigenvalue weighted by Gasteiger charge is -2.36. The van der Waals surface area contributed by atoms with Gasteiger partial charge in [0.15, 0.2) is 5.79 Å². The van der Waals surface area contributed by atoms with Gasteiger partial charge in [-0.3, -0.25) is 0 Å². The van der Waals surface area contributed by atoms with Crippen LogP contribution in [0.5, 0.6) is 0 Å². The first-order valence-electron chi connectivity index (χ1n) is 4.54. The Morgan fingerprint density at radius 2 is 1.58 bits per heavy atom. The number of unbranched alkanes of at least 4 members (excludes halogenated alkanes) is 1. The summed E-state index contributed by atoms with van der Waals surface area (Å²) in [5.41, 5.74) is -1.36. The lowest BCUT2D eigenvalue weighted by Crippen LogP contribution is -2.51. The predicted molar refractivity (Wildman–Crippen MR) is 47.6 cm³/mol. The molecule has 1 atom stereocenters. The molecule has 0 aliphatic heterocycles. The maximum Gasteiger partial charge on any atom is 0.189 e. The zero-order chi connectivity index (χ0) is 9.83. The van der Waals surface area contributed by atoms with Gasteiger partial charge in [-0.25, -0.2) is 0 Å². The van der Waals surface area contributed by atoms with Crippen molar-refractivity contribution < 1.29 is 15.3 Å². The van der Waals surface area contributed by atoms with E-state index in [9.17, 15) is 15.3 Å². The highest BCUT2D eigenvalue weighted by Crippen LogP contribution is 2.28. The molecule has 3 nitrogen and oxygen atoms in total. The SMILES string of the molecule is CCCCC(O)(CC)C(C)(O)O. The highest BCUT2D eigenvalue weighted by molar-refractivity contribution is 4.87. The van der Waals surface area contributed by atoms with E-state index < -0.39 is 11.4 Å². The maximum atomic E-state index is 9.79.